The molecule has 1 aliphatic heterocycles. The van der Waals surface area contributed by atoms with E-state index in [1.807, 2.05) is 0 Å². The topological polar surface area (TPSA) is 66.5 Å². The van der Waals surface area contributed by atoms with Crippen LogP contribution in [0.15, 0.2) is 53.4 Å². The summed E-state index contributed by atoms with van der Waals surface area (Å²) in [5, 5.41) is 2.62. The van der Waals surface area contributed by atoms with Crippen LogP contribution in [0.4, 0.5) is 13.2 Å². The molecule has 0 atom stereocenters. The molecule has 3 rings (SSSR count). The van der Waals surface area contributed by atoms with E-state index in [4.69, 9.17) is 0 Å². The zero-order valence-electron chi connectivity index (χ0n) is 17.7. The van der Waals surface area contributed by atoms with Gasteiger partial charge in [-0.3, -0.25) is 4.79 Å². The molecule has 0 bridgehead atoms. The molecule has 1 aliphatic rings. The lowest BCUT2D eigenvalue weighted by molar-refractivity contribution is -0.137. The van der Waals surface area contributed by atoms with E-state index >= 15 is 0 Å². The van der Waals surface area contributed by atoms with Gasteiger partial charge >= 0.3 is 6.18 Å². The Kier molecular flexibility index (Phi) is 7.95. The fourth-order valence-corrected chi connectivity index (χ4v) is 5.18. The van der Waals surface area contributed by atoms with Gasteiger partial charge in [0.2, 0.25) is 15.9 Å². The molecule has 2 aromatic rings. The van der Waals surface area contributed by atoms with Gasteiger partial charge in [-0.15, -0.1) is 0 Å². The number of rotatable bonds is 7. The van der Waals surface area contributed by atoms with Crippen LogP contribution in [0.25, 0.3) is 0 Å². The summed E-state index contributed by atoms with van der Waals surface area (Å²) in [6.45, 7) is 1.09. The van der Waals surface area contributed by atoms with Crippen molar-refractivity contribution in [2.24, 2.45) is 0 Å². The van der Waals surface area contributed by atoms with Gasteiger partial charge in [-0.05, 0) is 54.7 Å². The van der Waals surface area contributed by atoms with Gasteiger partial charge in [0.25, 0.3) is 0 Å². The number of benzene rings is 2. The highest BCUT2D eigenvalue weighted by molar-refractivity contribution is 7.89. The maximum absolute atomic E-state index is 12.8. The second kappa shape index (κ2) is 10.5. The standard InChI is InChI=1S/C23H27F3N2O3S/c24-23(25,26)20-7-5-6-19(16-20)17-27-22(29)13-10-18-8-11-21(12-9-18)32(30,31)28-14-3-1-2-4-15-28/h5-9,11-12,16H,1-4,10,13-15,17H2,(H,27,29). The Labute approximate surface area is 186 Å². The van der Waals surface area contributed by atoms with Crippen molar-refractivity contribution in [3.05, 3.63) is 65.2 Å². The smallest absolute Gasteiger partial charge is 0.352 e. The van der Waals surface area contributed by atoms with E-state index in [0.29, 0.717) is 25.1 Å². The molecule has 1 N–H and O–H groups in total. The van der Waals surface area contributed by atoms with Crippen molar-refractivity contribution in [2.45, 2.75) is 56.1 Å². The Bertz CT molecular complexity index is 1010. The van der Waals surface area contributed by atoms with Crippen molar-refractivity contribution >= 4 is 15.9 Å². The zero-order chi connectivity index (χ0) is 23.2. The number of alkyl halides is 3. The van der Waals surface area contributed by atoms with Crippen LogP contribution < -0.4 is 5.32 Å². The summed E-state index contributed by atoms with van der Waals surface area (Å²) in [5.41, 5.74) is 0.435. The van der Waals surface area contributed by atoms with Crippen LogP contribution in [0.1, 0.15) is 48.8 Å². The second-order valence-electron chi connectivity index (χ2n) is 7.94. The lowest BCUT2D eigenvalue weighted by atomic mass is 10.1. The third-order valence-corrected chi connectivity index (χ3v) is 7.42. The number of nitrogens with zero attached hydrogens (tertiary/aromatic N) is 1. The Balaban J connectivity index is 1.51. The lowest BCUT2D eigenvalue weighted by Crippen LogP contribution is -2.31. The molecule has 0 unspecified atom stereocenters. The molecule has 174 valence electrons. The van der Waals surface area contributed by atoms with Crippen LogP contribution in [-0.4, -0.2) is 31.7 Å². The molecular formula is C23H27F3N2O3S. The predicted molar refractivity (Wildman–Crippen MR) is 115 cm³/mol. The number of nitrogens with one attached hydrogen (secondary N) is 1. The first kappa shape index (κ1) is 24.3. The highest BCUT2D eigenvalue weighted by Crippen LogP contribution is 2.29. The van der Waals surface area contributed by atoms with E-state index < -0.39 is 21.8 Å². The Hall–Kier alpha value is -2.39. The highest BCUT2D eigenvalue weighted by atomic mass is 32.2. The van der Waals surface area contributed by atoms with Gasteiger partial charge in [0.15, 0.2) is 0 Å². The van der Waals surface area contributed by atoms with Crippen molar-refractivity contribution in [3.63, 3.8) is 0 Å². The Morgan fingerprint density at radius 1 is 0.938 bits per heavy atom. The molecule has 0 radical (unpaired) electrons. The third kappa shape index (κ3) is 6.56. The summed E-state index contributed by atoms with van der Waals surface area (Å²) >= 11 is 0. The van der Waals surface area contributed by atoms with Gasteiger partial charge in [0, 0.05) is 26.1 Å². The van der Waals surface area contributed by atoms with E-state index in [9.17, 15) is 26.4 Å². The number of carbonyl (C=O) groups is 1. The maximum Gasteiger partial charge on any atom is 0.416 e. The third-order valence-electron chi connectivity index (χ3n) is 5.51. The predicted octanol–water partition coefficient (Wildman–Crippen LogP) is 4.52. The van der Waals surface area contributed by atoms with Crippen molar-refractivity contribution in [1.29, 1.82) is 0 Å². The molecule has 1 saturated heterocycles. The van der Waals surface area contributed by atoms with Crippen molar-refractivity contribution in [1.82, 2.24) is 9.62 Å². The highest BCUT2D eigenvalue weighted by Gasteiger charge is 2.30. The van der Waals surface area contributed by atoms with Crippen molar-refractivity contribution < 1.29 is 26.4 Å². The van der Waals surface area contributed by atoms with Gasteiger partial charge in [-0.25, -0.2) is 8.42 Å². The van der Waals surface area contributed by atoms with Crippen LogP contribution in [0.3, 0.4) is 0 Å². The number of hydrogen-bond donors (Lipinski definition) is 1. The second-order valence-corrected chi connectivity index (χ2v) is 9.88. The van der Waals surface area contributed by atoms with Gasteiger partial charge < -0.3 is 5.32 Å². The summed E-state index contributed by atoms with van der Waals surface area (Å²) in [6, 6.07) is 11.4. The molecule has 5 nitrogen and oxygen atoms in total. The molecule has 0 aliphatic carbocycles. The molecule has 0 spiro atoms. The van der Waals surface area contributed by atoms with E-state index in [0.717, 1.165) is 43.4 Å². The number of hydrogen-bond acceptors (Lipinski definition) is 3. The zero-order valence-corrected chi connectivity index (χ0v) is 18.5. The quantitative estimate of drug-likeness (QED) is 0.650. The van der Waals surface area contributed by atoms with E-state index in [1.54, 1.807) is 24.3 Å². The molecule has 1 fully saturated rings. The number of sulfonamides is 1. The van der Waals surface area contributed by atoms with Gasteiger partial charge in [-0.1, -0.05) is 37.1 Å². The summed E-state index contributed by atoms with van der Waals surface area (Å²) in [7, 11) is -3.51. The number of aryl methyl sites for hydroxylation is 1. The Morgan fingerprint density at radius 2 is 1.59 bits per heavy atom. The molecule has 9 heteroatoms. The largest absolute Gasteiger partial charge is 0.416 e. The SMILES string of the molecule is O=C(CCc1ccc(S(=O)(=O)N2CCCCCC2)cc1)NCc1cccc(C(F)(F)F)c1. The summed E-state index contributed by atoms with van der Waals surface area (Å²) in [6.07, 6.45) is -0.0516. The van der Waals surface area contributed by atoms with E-state index in [2.05, 4.69) is 5.32 Å². The fraction of sp³-hybridized carbons (Fsp3) is 0.435. The first-order valence-corrected chi connectivity index (χ1v) is 12.1. The van der Waals surface area contributed by atoms with Crippen LogP contribution >= 0.6 is 0 Å². The normalized spacial score (nSPS) is 15.8. The first-order valence-electron chi connectivity index (χ1n) is 10.7. The molecular weight excluding hydrogens is 441 g/mol. The minimum absolute atomic E-state index is 0.00969. The molecule has 1 amide bonds. The average Bonchev–Trinajstić information content (AvgIpc) is 3.06. The number of halogens is 3. The summed E-state index contributed by atoms with van der Waals surface area (Å²) in [4.78, 5) is 12.3. The molecule has 0 saturated carbocycles. The minimum Gasteiger partial charge on any atom is -0.352 e. The summed E-state index contributed by atoms with van der Waals surface area (Å²) < 4.78 is 65.5. The van der Waals surface area contributed by atoms with E-state index in [-0.39, 0.29) is 23.8 Å². The maximum atomic E-state index is 12.8. The number of amides is 1. The van der Waals surface area contributed by atoms with Gasteiger partial charge in [-0.2, -0.15) is 17.5 Å². The van der Waals surface area contributed by atoms with E-state index in [1.165, 1.54) is 16.4 Å². The Morgan fingerprint density at radius 3 is 2.22 bits per heavy atom. The molecule has 2 aromatic carbocycles. The van der Waals surface area contributed by atoms with Gasteiger partial charge in [0.05, 0.1) is 10.5 Å². The monoisotopic (exact) mass is 468 g/mol. The fourth-order valence-electron chi connectivity index (χ4n) is 3.66. The lowest BCUT2D eigenvalue weighted by Gasteiger charge is -2.20. The van der Waals surface area contributed by atoms with Crippen LogP contribution in [0.5, 0.6) is 0 Å². The van der Waals surface area contributed by atoms with Gasteiger partial charge in [0.1, 0.15) is 0 Å². The summed E-state index contributed by atoms with van der Waals surface area (Å²) in [5.74, 6) is -0.288. The molecule has 32 heavy (non-hydrogen) atoms. The molecule has 0 aromatic heterocycles. The number of carbonyl (C=O) groups excluding carboxylic acids is 1. The average molecular weight is 469 g/mol. The van der Waals surface area contributed by atoms with Crippen LogP contribution in [-0.2, 0) is 34.0 Å². The van der Waals surface area contributed by atoms with Crippen LogP contribution in [0, 0.1) is 0 Å². The first-order chi connectivity index (χ1) is 15.2. The van der Waals surface area contributed by atoms with Crippen molar-refractivity contribution in [3.8, 4) is 0 Å². The van der Waals surface area contributed by atoms with Crippen LogP contribution in [0.2, 0.25) is 0 Å². The minimum atomic E-state index is -4.42. The molecule has 1 heterocycles. The van der Waals surface area contributed by atoms with Crippen molar-refractivity contribution in [2.75, 3.05) is 13.1 Å².